The van der Waals surface area contributed by atoms with E-state index in [1.807, 2.05) is 0 Å². The summed E-state index contributed by atoms with van der Waals surface area (Å²) >= 11 is 0. The van der Waals surface area contributed by atoms with Crippen molar-refractivity contribution in [3.8, 4) is 0 Å². The van der Waals surface area contributed by atoms with E-state index >= 15 is 0 Å². The summed E-state index contributed by atoms with van der Waals surface area (Å²) < 4.78 is 0. The molecule has 6 unspecified atom stereocenters. The fraction of sp³-hybridized carbons (Fsp3) is 1.00. The molecule has 140 valence electrons. The van der Waals surface area contributed by atoms with Crippen LogP contribution < -0.4 is 0 Å². The lowest BCUT2D eigenvalue weighted by atomic mass is 9.64. The summed E-state index contributed by atoms with van der Waals surface area (Å²) in [7, 11) is 0. The third-order valence-corrected chi connectivity index (χ3v) is 10.5. The van der Waals surface area contributed by atoms with E-state index in [0.29, 0.717) is 16.2 Å². The van der Waals surface area contributed by atoms with Gasteiger partial charge in [-0.15, -0.1) is 0 Å². The van der Waals surface area contributed by atoms with Gasteiger partial charge in [0.15, 0.2) is 0 Å². The molecule has 4 rings (SSSR count). The third-order valence-electron chi connectivity index (χ3n) is 10.5. The van der Waals surface area contributed by atoms with Gasteiger partial charge in [0.1, 0.15) is 0 Å². The van der Waals surface area contributed by atoms with Crippen LogP contribution in [-0.4, -0.2) is 11.2 Å². The Morgan fingerprint density at radius 2 is 1.25 bits per heavy atom. The van der Waals surface area contributed by atoms with Crippen molar-refractivity contribution in [2.24, 2.45) is 39.4 Å². The van der Waals surface area contributed by atoms with Crippen LogP contribution in [0.15, 0.2) is 0 Å². The second-order valence-electron chi connectivity index (χ2n) is 10.8. The first-order valence-corrected chi connectivity index (χ1v) is 10.8. The standard InChI is InChI=1S/C12H22.C11H20O/c1-5-12-7-6-10(8-9(12)2)11(12,3)4;1-4-11-6-5-8(7-9(11)12)10(11,2)3/h9-10H,5-8H2,1-4H3;8-9,12H,4-7H2,1-3H3. The molecule has 0 aliphatic heterocycles. The van der Waals surface area contributed by atoms with Gasteiger partial charge in [-0.25, -0.2) is 0 Å². The minimum atomic E-state index is -0.0174. The maximum absolute atomic E-state index is 10.0. The van der Waals surface area contributed by atoms with Gasteiger partial charge in [-0.2, -0.15) is 0 Å². The van der Waals surface area contributed by atoms with Gasteiger partial charge in [-0.3, -0.25) is 0 Å². The molecule has 4 fully saturated rings. The van der Waals surface area contributed by atoms with Crippen molar-refractivity contribution in [3.63, 3.8) is 0 Å². The Labute approximate surface area is 151 Å². The lowest BCUT2D eigenvalue weighted by molar-refractivity contribution is -0.00623. The molecule has 4 aliphatic rings. The highest BCUT2D eigenvalue weighted by molar-refractivity contribution is 5.12. The molecule has 1 N–H and O–H groups in total. The van der Waals surface area contributed by atoms with Crippen molar-refractivity contribution in [2.45, 2.75) is 106 Å². The molecule has 1 nitrogen and oxygen atoms in total. The number of hydrogen-bond donors (Lipinski definition) is 1. The number of hydrogen-bond acceptors (Lipinski definition) is 1. The van der Waals surface area contributed by atoms with Gasteiger partial charge in [0.25, 0.3) is 0 Å². The lowest BCUT2D eigenvalue weighted by Gasteiger charge is -2.41. The van der Waals surface area contributed by atoms with E-state index in [4.69, 9.17) is 0 Å². The summed E-state index contributed by atoms with van der Waals surface area (Å²) in [6, 6.07) is 0. The minimum absolute atomic E-state index is 0.0174. The van der Waals surface area contributed by atoms with Crippen LogP contribution in [0.3, 0.4) is 0 Å². The third kappa shape index (κ3) is 2.09. The second-order valence-corrected chi connectivity index (χ2v) is 10.8. The Morgan fingerprint density at radius 3 is 1.46 bits per heavy atom. The van der Waals surface area contributed by atoms with Gasteiger partial charge in [-0.1, -0.05) is 48.5 Å². The average Bonchev–Trinajstić information content (AvgIpc) is 3.07. The molecule has 0 radical (unpaired) electrons. The van der Waals surface area contributed by atoms with E-state index in [0.717, 1.165) is 30.6 Å². The topological polar surface area (TPSA) is 20.2 Å². The summed E-state index contributed by atoms with van der Waals surface area (Å²) in [6.45, 7) is 16.8. The molecule has 1 heteroatoms. The molecule has 4 saturated carbocycles. The SMILES string of the molecule is CCC12CCC(CC1C)C2(C)C.CCC12CCC(CC1O)C2(C)C. The molecule has 6 atom stereocenters. The van der Waals surface area contributed by atoms with Crippen molar-refractivity contribution in [1.29, 1.82) is 0 Å². The largest absolute Gasteiger partial charge is 0.393 e. The van der Waals surface area contributed by atoms with E-state index in [1.54, 1.807) is 0 Å². The normalized spacial score (nSPS) is 50.0. The van der Waals surface area contributed by atoms with Crippen LogP contribution in [0, 0.1) is 39.4 Å². The zero-order valence-electron chi connectivity index (χ0n) is 17.4. The quantitative estimate of drug-likeness (QED) is 0.616. The van der Waals surface area contributed by atoms with Crippen molar-refractivity contribution >= 4 is 0 Å². The van der Waals surface area contributed by atoms with Gasteiger partial charge >= 0.3 is 0 Å². The van der Waals surface area contributed by atoms with Gasteiger partial charge < -0.3 is 5.11 Å². The number of fused-ring (bicyclic) bond motifs is 4. The molecule has 4 aliphatic carbocycles. The smallest absolute Gasteiger partial charge is 0.0604 e. The first-order chi connectivity index (χ1) is 11.1. The van der Waals surface area contributed by atoms with Gasteiger partial charge in [-0.05, 0) is 85.4 Å². The zero-order valence-corrected chi connectivity index (χ0v) is 17.4. The first kappa shape index (κ1) is 18.7. The number of rotatable bonds is 2. The molecule has 24 heavy (non-hydrogen) atoms. The highest BCUT2D eigenvalue weighted by Gasteiger charge is 2.62. The van der Waals surface area contributed by atoms with E-state index in [1.165, 1.54) is 38.5 Å². The zero-order chi connectivity index (χ0) is 18.0. The monoisotopic (exact) mass is 334 g/mol. The second kappa shape index (κ2) is 5.73. The fourth-order valence-electron chi connectivity index (χ4n) is 8.34. The number of aliphatic hydroxyl groups excluding tert-OH is 1. The molecular weight excluding hydrogens is 292 g/mol. The maximum atomic E-state index is 10.0. The summed E-state index contributed by atoms with van der Waals surface area (Å²) in [5.74, 6) is 2.80. The Morgan fingerprint density at radius 1 is 0.792 bits per heavy atom. The van der Waals surface area contributed by atoms with Crippen LogP contribution in [0.2, 0.25) is 0 Å². The van der Waals surface area contributed by atoms with Crippen molar-refractivity contribution in [2.75, 3.05) is 0 Å². The Balaban J connectivity index is 0.000000141. The number of aliphatic hydroxyl groups is 1. The molecule has 0 amide bonds. The summed E-state index contributed by atoms with van der Waals surface area (Å²) in [4.78, 5) is 0. The van der Waals surface area contributed by atoms with E-state index in [2.05, 4.69) is 48.5 Å². The van der Waals surface area contributed by atoms with Crippen LogP contribution in [0.1, 0.15) is 99.8 Å². The molecule has 0 saturated heterocycles. The highest BCUT2D eigenvalue weighted by atomic mass is 16.3. The highest BCUT2D eigenvalue weighted by Crippen LogP contribution is 2.69. The molecule has 0 aromatic heterocycles. The van der Waals surface area contributed by atoms with E-state index in [9.17, 15) is 5.11 Å². The van der Waals surface area contributed by atoms with Crippen molar-refractivity contribution in [1.82, 2.24) is 0 Å². The summed E-state index contributed by atoms with van der Waals surface area (Å²) in [5, 5.41) is 10.0. The predicted octanol–water partition coefficient (Wildman–Crippen LogP) is 6.44. The average molecular weight is 335 g/mol. The fourth-order valence-corrected chi connectivity index (χ4v) is 8.34. The van der Waals surface area contributed by atoms with Crippen LogP contribution in [0.4, 0.5) is 0 Å². The van der Waals surface area contributed by atoms with Crippen molar-refractivity contribution < 1.29 is 5.11 Å². The molecule has 0 heterocycles. The van der Waals surface area contributed by atoms with Gasteiger partial charge in [0, 0.05) is 5.41 Å². The molecule has 0 aromatic rings. The van der Waals surface area contributed by atoms with Crippen LogP contribution in [-0.2, 0) is 0 Å². The first-order valence-electron chi connectivity index (χ1n) is 10.8. The Kier molecular flexibility index (Phi) is 4.47. The molecule has 0 aromatic carbocycles. The van der Waals surface area contributed by atoms with Crippen LogP contribution in [0.5, 0.6) is 0 Å². The minimum Gasteiger partial charge on any atom is -0.393 e. The maximum Gasteiger partial charge on any atom is 0.0604 e. The Bertz CT molecular complexity index is 434. The molecular formula is C23H42O. The van der Waals surface area contributed by atoms with Crippen molar-refractivity contribution in [3.05, 3.63) is 0 Å². The van der Waals surface area contributed by atoms with E-state index < -0.39 is 0 Å². The summed E-state index contributed by atoms with van der Waals surface area (Å²) in [5.41, 5.74) is 2.00. The van der Waals surface area contributed by atoms with E-state index in [-0.39, 0.29) is 11.5 Å². The molecule has 0 spiro atoms. The lowest BCUT2D eigenvalue weighted by Crippen LogP contribution is -2.37. The van der Waals surface area contributed by atoms with Gasteiger partial charge in [0.2, 0.25) is 0 Å². The van der Waals surface area contributed by atoms with Crippen LogP contribution in [0.25, 0.3) is 0 Å². The van der Waals surface area contributed by atoms with Crippen LogP contribution >= 0.6 is 0 Å². The Hall–Kier alpha value is -0.0400. The van der Waals surface area contributed by atoms with Gasteiger partial charge in [0.05, 0.1) is 6.10 Å². The molecule has 4 bridgehead atoms. The predicted molar refractivity (Wildman–Crippen MR) is 103 cm³/mol. The summed E-state index contributed by atoms with van der Waals surface area (Å²) in [6.07, 6.45) is 10.7.